The molecule has 0 amide bonds. The van der Waals surface area contributed by atoms with Crippen molar-refractivity contribution in [3.63, 3.8) is 0 Å². The van der Waals surface area contributed by atoms with E-state index in [1.807, 2.05) is 0 Å². The van der Waals surface area contributed by atoms with Gasteiger partial charge in [0.05, 0.1) is 0 Å². The Kier molecular flexibility index (Phi) is 9.49. The minimum absolute atomic E-state index is 0.0841. The predicted octanol–water partition coefficient (Wildman–Crippen LogP) is 7.23. The third-order valence-electron chi connectivity index (χ3n) is 6.29. The molecule has 0 unspecified atom stereocenters. The second-order valence-electron chi connectivity index (χ2n) is 11.3. The van der Waals surface area contributed by atoms with Gasteiger partial charge in [-0.15, -0.1) is 0 Å². The summed E-state index contributed by atoms with van der Waals surface area (Å²) in [7, 11) is -3.88. The van der Waals surface area contributed by atoms with Crippen molar-refractivity contribution in [3.8, 4) is 0 Å². The Hall–Kier alpha value is -1.25. The van der Waals surface area contributed by atoms with Crippen molar-refractivity contribution in [2.24, 2.45) is 0 Å². The molecule has 0 aliphatic carbocycles. The number of hydrogen-bond donors (Lipinski definition) is 3. The van der Waals surface area contributed by atoms with E-state index in [-0.39, 0.29) is 17.0 Å². The van der Waals surface area contributed by atoms with Crippen molar-refractivity contribution in [1.82, 2.24) is 0 Å². The molecule has 0 heterocycles. The fourth-order valence-corrected chi connectivity index (χ4v) is 5.41. The molecule has 0 bridgehead atoms. The van der Waals surface area contributed by atoms with Crippen LogP contribution in [0.5, 0.6) is 0 Å². The molecule has 0 fully saturated rings. The molecule has 4 heteroatoms. The first-order valence-corrected chi connectivity index (χ1v) is 14.2. The average Bonchev–Trinajstić information content (AvgIpc) is 2.68. The molecular weight excluding hydrogens is 415 g/mol. The Labute approximate surface area is 196 Å². The second kappa shape index (κ2) is 11.3. The maximum atomic E-state index is 9.18. The molecule has 3 nitrogen and oxygen atoms in total. The van der Waals surface area contributed by atoms with E-state index in [2.05, 4.69) is 90.1 Å². The zero-order chi connectivity index (χ0) is 24.0. The van der Waals surface area contributed by atoms with E-state index in [1.54, 1.807) is 0 Å². The van der Waals surface area contributed by atoms with Crippen LogP contribution in [-0.4, -0.2) is 20.8 Å². The normalized spacial score (nSPS) is 13.6. The van der Waals surface area contributed by atoms with Crippen LogP contribution in [0.3, 0.4) is 0 Å². The molecule has 0 aliphatic heterocycles. The zero-order valence-corrected chi connectivity index (χ0v) is 22.0. The monoisotopic (exact) mass is 460 g/mol. The summed E-state index contributed by atoms with van der Waals surface area (Å²) in [4.78, 5) is 27.5. The van der Waals surface area contributed by atoms with Crippen LogP contribution in [0.15, 0.2) is 48.5 Å². The first-order valence-electron chi connectivity index (χ1n) is 12.2. The van der Waals surface area contributed by atoms with E-state index in [1.165, 1.54) is 22.3 Å². The molecule has 180 valence electrons. The molecule has 0 saturated heterocycles. The molecule has 32 heavy (non-hydrogen) atoms. The van der Waals surface area contributed by atoms with Crippen molar-refractivity contribution >= 4 is 7.94 Å². The summed E-state index contributed by atoms with van der Waals surface area (Å²) in [5.74, 6) is 0.355. The van der Waals surface area contributed by atoms with Gasteiger partial charge in [-0.1, -0.05) is 0 Å². The van der Waals surface area contributed by atoms with E-state index in [4.69, 9.17) is 0 Å². The second-order valence-corrected chi connectivity index (χ2v) is 13.4. The first kappa shape index (κ1) is 27.0. The minimum atomic E-state index is -3.88. The van der Waals surface area contributed by atoms with Gasteiger partial charge in [-0.2, -0.15) is 0 Å². The average molecular weight is 461 g/mol. The van der Waals surface area contributed by atoms with Gasteiger partial charge in [0.2, 0.25) is 0 Å². The van der Waals surface area contributed by atoms with Crippen molar-refractivity contribution in [3.05, 3.63) is 70.8 Å². The van der Waals surface area contributed by atoms with Gasteiger partial charge >= 0.3 is 196 Å². The molecule has 0 saturated carbocycles. The van der Waals surface area contributed by atoms with Crippen LogP contribution < -0.4 is 0 Å². The summed E-state index contributed by atoms with van der Waals surface area (Å²) in [6.07, 6.45) is 6.15. The van der Waals surface area contributed by atoms with Gasteiger partial charge < -0.3 is 0 Å². The Morgan fingerprint density at radius 2 is 1.03 bits per heavy atom. The number of rotatable bonds is 10. The standard InChI is InChI=1S/C28H45O3P/c1-27(2,3)25-19-13-11-17-23(25)22(16-10-8-7-9-15-21-32(29,30)31)24-18-12-14-20-26(24)28(4,5)6/h11-14,17-20,22,29-32H,7-10,15-16,21H2,1-6H3. The molecular formula is C28H45O3P. The molecule has 0 aliphatic rings. The van der Waals surface area contributed by atoms with Crippen LogP contribution >= 0.6 is 7.94 Å². The van der Waals surface area contributed by atoms with Crippen LogP contribution in [0.4, 0.5) is 0 Å². The molecule has 2 rings (SSSR count). The van der Waals surface area contributed by atoms with Gasteiger partial charge in [0.15, 0.2) is 0 Å². The molecule has 3 N–H and O–H groups in total. The number of unbranched alkanes of at least 4 members (excludes halogenated alkanes) is 4. The summed E-state index contributed by atoms with van der Waals surface area (Å²) in [6.45, 7) is 13.8. The quantitative estimate of drug-likeness (QED) is 0.259. The van der Waals surface area contributed by atoms with E-state index < -0.39 is 7.94 Å². The fourth-order valence-electron chi connectivity index (χ4n) is 4.69. The summed E-state index contributed by atoms with van der Waals surface area (Å²) < 4.78 is 0. The molecule has 0 aromatic heterocycles. The zero-order valence-electron chi connectivity index (χ0n) is 21.0. The van der Waals surface area contributed by atoms with Crippen molar-refractivity contribution in [2.75, 3.05) is 6.16 Å². The van der Waals surface area contributed by atoms with E-state index in [0.29, 0.717) is 12.3 Å². The van der Waals surface area contributed by atoms with Crippen molar-refractivity contribution in [1.29, 1.82) is 0 Å². The Balaban J connectivity index is 2.26. The van der Waals surface area contributed by atoms with Crippen LogP contribution in [0.2, 0.25) is 0 Å². The topological polar surface area (TPSA) is 60.7 Å². The molecule has 0 radical (unpaired) electrons. The van der Waals surface area contributed by atoms with Crippen LogP contribution in [0, 0.1) is 0 Å². The number of hydrogen-bond acceptors (Lipinski definition) is 3. The van der Waals surface area contributed by atoms with E-state index >= 15 is 0 Å². The van der Waals surface area contributed by atoms with Gasteiger partial charge in [0, 0.05) is 0 Å². The van der Waals surface area contributed by atoms with Crippen LogP contribution in [0.25, 0.3) is 0 Å². The SMILES string of the molecule is CC(C)(C)c1ccccc1C(CCCCCCC[PH](O)(O)O)c1ccccc1C(C)(C)C. The molecule has 2 aromatic rings. The summed E-state index contributed by atoms with van der Waals surface area (Å²) in [6, 6.07) is 17.9. The van der Waals surface area contributed by atoms with Crippen LogP contribution in [0.1, 0.15) is 108 Å². The Morgan fingerprint density at radius 1 is 0.625 bits per heavy atom. The first-order chi connectivity index (χ1) is 14.8. The van der Waals surface area contributed by atoms with E-state index in [9.17, 15) is 14.7 Å². The summed E-state index contributed by atoms with van der Waals surface area (Å²) in [5.41, 5.74) is 5.89. The Morgan fingerprint density at radius 3 is 1.47 bits per heavy atom. The third-order valence-corrected chi connectivity index (χ3v) is 7.32. The van der Waals surface area contributed by atoms with Gasteiger partial charge in [-0.3, -0.25) is 0 Å². The molecule has 0 atom stereocenters. The van der Waals surface area contributed by atoms with Crippen molar-refractivity contribution in [2.45, 2.75) is 96.8 Å². The third kappa shape index (κ3) is 8.27. The van der Waals surface area contributed by atoms with Gasteiger partial charge in [-0.25, -0.2) is 0 Å². The van der Waals surface area contributed by atoms with Crippen LogP contribution in [-0.2, 0) is 10.8 Å². The predicted molar refractivity (Wildman–Crippen MR) is 140 cm³/mol. The molecule has 2 aromatic carbocycles. The van der Waals surface area contributed by atoms with Gasteiger partial charge in [-0.05, 0) is 0 Å². The number of benzene rings is 2. The maximum absolute atomic E-state index is 9.18. The van der Waals surface area contributed by atoms with Gasteiger partial charge in [0.25, 0.3) is 0 Å². The van der Waals surface area contributed by atoms with Crippen molar-refractivity contribution < 1.29 is 14.7 Å². The summed E-state index contributed by atoms with van der Waals surface area (Å²) >= 11 is 0. The fraction of sp³-hybridized carbons (Fsp3) is 0.571. The summed E-state index contributed by atoms with van der Waals surface area (Å²) in [5, 5.41) is 0. The molecule has 0 spiro atoms. The Bertz CT molecular complexity index is 783. The van der Waals surface area contributed by atoms with Gasteiger partial charge in [0.1, 0.15) is 0 Å². The van der Waals surface area contributed by atoms with E-state index in [0.717, 1.165) is 32.1 Å².